The maximum atomic E-state index is 13.3. The summed E-state index contributed by atoms with van der Waals surface area (Å²) in [6.45, 7) is 1.61. The third-order valence-electron chi connectivity index (χ3n) is 2.20. The molecule has 1 unspecified atom stereocenters. The van der Waals surface area contributed by atoms with E-state index >= 15 is 0 Å². The number of nitrogens with zero attached hydrogens (tertiary/aromatic N) is 1. The number of nitrogens with one attached hydrogen (secondary N) is 1. The highest BCUT2D eigenvalue weighted by atomic mass is 19.1. The molecule has 0 bridgehead atoms. The van der Waals surface area contributed by atoms with E-state index in [0.717, 1.165) is 18.2 Å². The highest BCUT2D eigenvalue weighted by Crippen LogP contribution is 2.22. The molecule has 0 aliphatic rings. The van der Waals surface area contributed by atoms with Crippen molar-refractivity contribution < 1.29 is 19.2 Å². The molecule has 2 N–H and O–H groups in total. The average Bonchev–Trinajstić information content (AvgIpc) is 2.27. The molecule has 7 heteroatoms. The SMILES string of the molecule is CCC(Nc1cc([N+](=O)[O-])ccc1F)C(=O)O. The number of benzene rings is 1. The minimum atomic E-state index is -1.14. The molecule has 6 nitrogen and oxygen atoms in total. The second-order valence-corrected chi connectivity index (χ2v) is 3.36. The van der Waals surface area contributed by atoms with E-state index in [1.807, 2.05) is 0 Å². The topological polar surface area (TPSA) is 92.5 Å². The van der Waals surface area contributed by atoms with Crippen LogP contribution in [0.2, 0.25) is 0 Å². The van der Waals surface area contributed by atoms with E-state index in [1.54, 1.807) is 6.92 Å². The quantitative estimate of drug-likeness (QED) is 0.608. The van der Waals surface area contributed by atoms with Crippen molar-refractivity contribution in [2.45, 2.75) is 19.4 Å². The zero-order valence-corrected chi connectivity index (χ0v) is 9.01. The van der Waals surface area contributed by atoms with Crippen molar-refractivity contribution in [3.8, 4) is 0 Å². The lowest BCUT2D eigenvalue weighted by Crippen LogP contribution is -2.28. The van der Waals surface area contributed by atoms with E-state index in [2.05, 4.69) is 5.32 Å². The minimum absolute atomic E-state index is 0.187. The number of nitro groups is 1. The lowest BCUT2D eigenvalue weighted by molar-refractivity contribution is -0.384. The van der Waals surface area contributed by atoms with Gasteiger partial charge in [-0.2, -0.15) is 0 Å². The molecule has 0 fully saturated rings. The van der Waals surface area contributed by atoms with Gasteiger partial charge in [-0.1, -0.05) is 6.92 Å². The highest BCUT2D eigenvalue weighted by molar-refractivity contribution is 5.77. The van der Waals surface area contributed by atoms with Crippen molar-refractivity contribution in [2.24, 2.45) is 0 Å². The number of aliphatic carboxylic acids is 1. The molecule has 17 heavy (non-hydrogen) atoms. The molecule has 0 aromatic heterocycles. The van der Waals surface area contributed by atoms with E-state index in [-0.39, 0.29) is 17.8 Å². The zero-order valence-electron chi connectivity index (χ0n) is 9.01. The van der Waals surface area contributed by atoms with Gasteiger partial charge in [-0.3, -0.25) is 10.1 Å². The Labute approximate surface area is 96.2 Å². The van der Waals surface area contributed by atoms with Crippen LogP contribution in [0.4, 0.5) is 15.8 Å². The van der Waals surface area contributed by atoms with Crippen LogP contribution in [0.5, 0.6) is 0 Å². The summed E-state index contributed by atoms with van der Waals surface area (Å²) >= 11 is 0. The van der Waals surface area contributed by atoms with Crippen LogP contribution < -0.4 is 5.32 Å². The molecule has 0 amide bonds. The Morgan fingerprint density at radius 2 is 2.29 bits per heavy atom. The molecule has 1 aromatic rings. The summed E-state index contributed by atoms with van der Waals surface area (Å²) < 4.78 is 13.3. The molecule has 0 aliphatic heterocycles. The summed E-state index contributed by atoms with van der Waals surface area (Å²) in [6.07, 6.45) is 0.234. The molecule has 0 saturated heterocycles. The normalized spacial score (nSPS) is 11.9. The number of carboxylic acids is 1. The molecule has 0 saturated carbocycles. The summed E-state index contributed by atoms with van der Waals surface area (Å²) in [6, 6.07) is 1.93. The van der Waals surface area contributed by atoms with E-state index in [0.29, 0.717) is 0 Å². The third kappa shape index (κ3) is 3.13. The number of hydrogen-bond donors (Lipinski definition) is 2. The number of carboxylic acid groups (broad SMARTS) is 1. The molecule has 0 spiro atoms. The van der Waals surface area contributed by atoms with Gasteiger partial charge < -0.3 is 10.4 Å². The monoisotopic (exact) mass is 242 g/mol. The number of anilines is 1. The Kier molecular flexibility index (Phi) is 3.97. The molecular formula is C10H11FN2O4. The van der Waals surface area contributed by atoms with Crippen LogP contribution in [-0.2, 0) is 4.79 Å². The molecule has 1 rings (SSSR count). The summed E-state index contributed by atoms with van der Waals surface area (Å²) in [7, 11) is 0. The van der Waals surface area contributed by atoms with Gasteiger partial charge in [-0.25, -0.2) is 9.18 Å². The second kappa shape index (κ2) is 5.24. The average molecular weight is 242 g/mol. The van der Waals surface area contributed by atoms with E-state index in [4.69, 9.17) is 5.11 Å². The van der Waals surface area contributed by atoms with Crippen LogP contribution in [0, 0.1) is 15.9 Å². The summed E-state index contributed by atoms with van der Waals surface area (Å²) in [5.41, 5.74) is -0.484. The van der Waals surface area contributed by atoms with Gasteiger partial charge in [0.15, 0.2) is 0 Å². The Morgan fingerprint density at radius 1 is 1.65 bits per heavy atom. The molecular weight excluding hydrogens is 231 g/mol. The van der Waals surface area contributed by atoms with Crippen LogP contribution in [-0.4, -0.2) is 22.0 Å². The number of hydrogen-bond acceptors (Lipinski definition) is 4. The zero-order chi connectivity index (χ0) is 13.0. The first-order valence-electron chi connectivity index (χ1n) is 4.89. The smallest absolute Gasteiger partial charge is 0.326 e. The van der Waals surface area contributed by atoms with Crippen LogP contribution in [0.3, 0.4) is 0 Å². The Balaban J connectivity index is 3.00. The fourth-order valence-electron chi connectivity index (χ4n) is 1.26. The minimum Gasteiger partial charge on any atom is -0.480 e. The van der Waals surface area contributed by atoms with E-state index < -0.39 is 22.8 Å². The van der Waals surface area contributed by atoms with Gasteiger partial charge >= 0.3 is 5.97 Å². The summed E-state index contributed by atoms with van der Waals surface area (Å²) in [5, 5.41) is 21.7. The maximum Gasteiger partial charge on any atom is 0.326 e. The van der Waals surface area contributed by atoms with Crippen molar-refractivity contribution in [3.05, 3.63) is 34.1 Å². The first-order chi connectivity index (χ1) is 7.95. The first kappa shape index (κ1) is 12.9. The predicted molar refractivity (Wildman–Crippen MR) is 58.4 cm³/mol. The number of non-ortho nitro benzene ring substituents is 1. The largest absolute Gasteiger partial charge is 0.480 e. The summed E-state index contributed by atoms with van der Waals surface area (Å²) in [4.78, 5) is 20.6. The fourth-order valence-corrected chi connectivity index (χ4v) is 1.26. The standard InChI is InChI=1S/C10H11FN2O4/c1-2-8(10(14)15)12-9-5-6(13(16)17)3-4-7(9)11/h3-5,8,12H,2H2,1H3,(H,14,15). The molecule has 1 aromatic carbocycles. The van der Waals surface area contributed by atoms with Gasteiger partial charge in [0.2, 0.25) is 0 Å². The molecule has 0 aliphatic carbocycles. The van der Waals surface area contributed by atoms with Gasteiger partial charge in [0, 0.05) is 12.1 Å². The van der Waals surface area contributed by atoms with Crippen LogP contribution >= 0.6 is 0 Å². The van der Waals surface area contributed by atoms with Crippen LogP contribution in [0.25, 0.3) is 0 Å². The van der Waals surface area contributed by atoms with E-state index in [9.17, 15) is 19.3 Å². The van der Waals surface area contributed by atoms with Crippen LogP contribution in [0.15, 0.2) is 18.2 Å². The second-order valence-electron chi connectivity index (χ2n) is 3.36. The Hall–Kier alpha value is -2.18. The molecule has 0 radical (unpaired) electrons. The Morgan fingerprint density at radius 3 is 2.76 bits per heavy atom. The summed E-state index contributed by atoms with van der Waals surface area (Å²) in [5.74, 6) is -1.87. The van der Waals surface area contributed by atoms with Crippen molar-refractivity contribution in [1.82, 2.24) is 0 Å². The van der Waals surface area contributed by atoms with Gasteiger partial charge in [-0.15, -0.1) is 0 Å². The number of nitro benzene ring substituents is 1. The molecule has 92 valence electrons. The lowest BCUT2D eigenvalue weighted by atomic mass is 10.2. The van der Waals surface area contributed by atoms with Crippen molar-refractivity contribution in [2.75, 3.05) is 5.32 Å². The number of carbonyl (C=O) groups is 1. The van der Waals surface area contributed by atoms with Crippen LogP contribution in [0.1, 0.15) is 13.3 Å². The number of rotatable bonds is 5. The van der Waals surface area contributed by atoms with Gasteiger partial charge in [0.25, 0.3) is 5.69 Å². The first-order valence-corrected chi connectivity index (χ1v) is 4.89. The van der Waals surface area contributed by atoms with Gasteiger partial charge in [0.1, 0.15) is 11.9 Å². The van der Waals surface area contributed by atoms with Crippen molar-refractivity contribution in [1.29, 1.82) is 0 Å². The third-order valence-corrected chi connectivity index (χ3v) is 2.20. The van der Waals surface area contributed by atoms with Crippen molar-refractivity contribution >= 4 is 17.3 Å². The molecule has 1 atom stereocenters. The molecule has 0 heterocycles. The van der Waals surface area contributed by atoms with E-state index in [1.165, 1.54) is 0 Å². The number of halogens is 1. The van der Waals surface area contributed by atoms with Gasteiger partial charge in [0.05, 0.1) is 10.6 Å². The predicted octanol–water partition coefficient (Wildman–Crippen LogP) is 2.01. The Bertz CT molecular complexity index is 450. The van der Waals surface area contributed by atoms with Gasteiger partial charge in [-0.05, 0) is 12.5 Å². The van der Waals surface area contributed by atoms with Crippen molar-refractivity contribution in [3.63, 3.8) is 0 Å². The lowest BCUT2D eigenvalue weighted by Gasteiger charge is -2.13. The highest BCUT2D eigenvalue weighted by Gasteiger charge is 2.18. The maximum absolute atomic E-state index is 13.3. The fraction of sp³-hybridized carbons (Fsp3) is 0.300.